The highest BCUT2D eigenvalue weighted by Crippen LogP contribution is 2.27. The van der Waals surface area contributed by atoms with Gasteiger partial charge in [-0.3, -0.25) is 4.40 Å². The minimum absolute atomic E-state index is 0.0769. The Hall–Kier alpha value is -3.74. The molecule has 1 aliphatic heterocycles. The number of imidazole rings is 1. The summed E-state index contributed by atoms with van der Waals surface area (Å²) in [6.07, 6.45) is 6.91. The zero-order valence-electron chi connectivity index (χ0n) is 18.0. The molecular formula is C23H22ClN9. The maximum absolute atomic E-state index is 9.61. The van der Waals surface area contributed by atoms with Crippen molar-refractivity contribution in [3.63, 3.8) is 0 Å². The van der Waals surface area contributed by atoms with Crippen LogP contribution in [0.25, 0.3) is 17.0 Å². The van der Waals surface area contributed by atoms with Gasteiger partial charge in [0.25, 0.3) is 0 Å². The number of halogens is 1. The quantitative estimate of drug-likeness (QED) is 0.468. The Morgan fingerprint density at radius 3 is 2.73 bits per heavy atom. The molecule has 1 fully saturated rings. The summed E-state index contributed by atoms with van der Waals surface area (Å²) >= 11 is 6.25. The zero-order valence-corrected chi connectivity index (χ0v) is 18.8. The molecule has 0 spiro atoms. The van der Waals surface area contributed by atoms with E-state index in [2.05, 4.69) is 47.6 Å². The van der Waals surface area contributed by atoms with Gasteiger partial charge in [-0.15, -0.1) is 0 Å². The van der Waals surface area contributed by atoms with Crippen molar-refractivity contribution in [2.45, 2.75) is 13.0 Å². The fraction of sp³-hybridized carbons (Fsp3) is 0.261. The van der Waals surface area contributed by atoms with E-state index < -0.39 is 0 Å². The van der Waals surface area contributed by atoms with Gasteiger partial charge in [0.2, 0.25) is 5.95 Å². The molecule has 33 heavy (non-hydrogen) atoms. The first-order valence-electron chi connectivity index (χ1n) is 10.7. The van der Waals surface area contributed by atoms with E-state index in [4.69, 9.17) is 11.6 Å². The molecule has 0 saturated carbocycles. The Kier molecular flexibility index (Phi) is 5.77. The molecule has 10 heteroatoms. The summed E-state index contributed by atoms with van der Waals surface area (Å²) < 4.78 is 1.82. The number of hydrogen-bond acceptors (Lipinski definition) is 8. The molecule has 1 saturated heterocycles. The second-order valence-electron chi connectivity index (χ2n) is 7.81. The van der Waals surface area contributed by atoms with Crippen molar-refractivity contribution >= 4 is 29.0 Å². The second kappa shape index (κ2) is 9.02. The highest BCUT2D eigenvalue weighted by molar-refractivity contribution is 6.33. The Morgan fingerprint density at radius 1 is 1.12 bits per heavy atom. The Bertz CT molecular complexity index is 1320. The van der Waals surface area contributed by atoms with Crippen LogP contribution in [0.3, 0.4) is 0 Å². The molecule has 0 aromatic carbocycles. The number of rotatable bonds is 5. The van der Waals surface area contributed by atoms with Crippen molar-refractivity contribution in [3.8, 4) is 17.5 Å². The number of pyridine rings is 2. The molecule has 0 bridgehead atoms. The maximum Gasteiger partial charge on any atom is 0.223 e. The first kappa shape index (κ1) is 21.1. The van der Waals surface area contributed by atoms with Crippen LogP contribution in [0.4, 0.5) is 11.8 Å². The second-order valence-corrected chi connectivity index (χ2v) is 8.22. The van der Waals surface area contributed by atoms with Crippen molar-refractivity contribution in [1.29, 1.82) is 5.26 Å². The third-order valence-corrected chi connectivity index (χ3v) is 5.99. The maximum atomic E-state index is 9.61. The van der Waals surface area contributed by atoms with E-state index in [0.717, 1.165) is 37.6 Å². The molecule has 0 amide bonds. The summed E-state index contributed by atoms with van der Waals surface area (Å²) in [6.45, 7) is 5.88. The van der Waals surface area contributed by atoms with E-state index in [-0.39, 0.29) is 6.04 Å². The monoisotopic (exact) mass is 459 g/mol. The zero-order chi connectivity index (χ0) is 22.8. The topological polar surface area (TPSA) is 107 Å². The van der Waals surface area contributed by atoms with Gasteiger partial charge in [0, 0.05) is 38.6 Å². The predicted molar refractivity (Wildman–Crippen MR) is 127 cm³/mol. The molecule has 1 atom stereocenters. The molecule has 2 N–H and O–H groups in total. The normalized spacial score (nSPS) is 14.8. The molecule has 9 nitrogen and oxygen atoms in total. The predicted octanol–water partition coefficient (Wildman–Crippen LogP) is 3.29. The third-order valence-electron chi connectivity index (χ3n) is 5.70. The average molecular weight is 460 g/mol. The third kappa shape index (κ3) is 4.18. The molecule has 1 aliphatic rings. The lowest BCUT2D eigenvalue weighted by molar-refractivity contribution is 0.585. The summed E-state index contributed by atoms with van der Waals surface area (Å²) in [4.78, 5) is 20.3. The van der Waals surface area contributed by atoms with Gasteiger partial charge in [-0.25, -0.2) is 19.9 Å². The van der Waals surface area contributed by atoms with Crippen LogP contribution in [-0.2, 0) is 0 Å². The first-order chi connectivity index (χ1) is 16.1. The number of anilines is 2. The number of nitriles is 1. The van der Waals surface area contributed by atoms with Gasteiger partial charge in [-0.05, 0) is 30.7 Å². The summed E-state index contributed by atoms with van der Waals surface area (Å²) in [7, 11) is 0. The van der Waals surface area contributed by atoms with Crippen molar-refractivity contribution < 1.29 is 0 Å². The minimum atomic E-state index is -0.0769. The Labute approximate surface area is 196 Å². The van der Waals surface area contributed by atoms with E-state index in [1.165, 1.54) is 6.20 Å². The number of nitrogens with zero attached hydrogens (tertiary/aromatic N) is 7. The highest BCUT2D eigenvalue weighted by Gasteiger charge is 2.17. The Morgan fingerprint density at radius 2 is 1.97 bits per heavy atom. The molecule has 0 radical (unpaired) electrons. The molecule has 166 valence electrons. The van der Waals surface area contributed by atoms with Gasteiger partial charge in [0.05, 0.1) is 34.7 Å². The summed E-state index contributed by atoms with van der Waals surface area (Å²) in [6, 6.07) is 9.80. The van der Waals surface area contributed by atoms with Crippen molar-refractivity contribution in [3.05, 3.63) is 65.2 Å². The smallest absolute Gasteiger partial charge is 0.223 e. The molecular weight excluding hydrogens is 438 g/mol. The SMILES string of the molecule is CC(Nc1ncc(C#N)c(-c2cnc3c(Cl)cccn23)n1)c1ccc(N2CCNCC2)nc1. The number of nitrogens with one attached hydrogen (secondary N) is 2. The lowest BCUT2D eigenvalue weighted by Crippen LogP contribution is -2.43. The van der Waals surface area contributed by atoms with E-state index in [9.17, 15) is 5.26 Å². The molecule has 0 aliphatic carbocycles. The van der Waals surface area contributed by atoms with Crippen LogP contribution in [-0.4, -0.2) is 50.5 Å². The van der Waals surface area contributed by atoms with Crippen LogP contribution in [0.1, 0.15) is 24.1 Å². The van der Waals surface area contributed by atoms with Gasteiger partial charge in [0.1, 0.15) is 17.6 Å². The van der Waals surface area contributed by atoms with E-state index in [1.807, 2.05) is 35.9 Å². The molecule has 1 unspecified atom stereocenters. The van der Waals surface area contributed by atoms with Crippen LogP contribution in [0.15, 0.2) is 49.1 Å². The number of piperazine rings is 1. The molecule has 5 heterocycles. The molecule has 4 aromatic heterocycles. The van der Waals surface area contributed by atoms with Gasteiger partial charge < -0.3 is 15.5 Å². The number of aromatic nitrogens is 5. The van der Waals surface area contributed by atoms with Crippen LogP contribution in [0.2, 0.25) is 5.02 Å². The fourth-order valence-corrected chi connectivity index (χ4v) is 4.10. The van der Waals surface area contributed by atoms with Crippen molar-refractivity contribution in [1.82, 2.24) is 29.7 Å². The highest BCUT2D eigenvalue weighted by atomic mass is 35.5. The summed E-state index contributed by atoms with van der Waals surface area (Å²) in [5.74, 6) is 1.40. The first-order valence-corrected chi connectivity index (χ1v) is 11.1. The number of fused-ring (bicyclic) bond motifs is 1. The van der Waals surface area contributed by atoms with Gasteiger partial charge in [-0.1, -0.05) is 17.7 Å². The van der Waals surface area contributed by atoms with Gasteiger partial charge in [0.15, 0.2) is 5.65 Å². The molecule has 5 rings (SSSR count). The van der Waals surface area contributed by atoms with E-state index in [0.29, 0.717) is 33.6 Å². The van der Waals surface area contributed by atoms with Crippen LogP contribution < -0.4 is 15.5 Å². The summed E-state index contributed by atoms with van der Waals surface area (Å²) in [5.41, 5.74) is 3.14. The fourth-order valence-electron chi connectivity index (χ4n) is 3.89. The summed E-state index contributed by atoms with van der Waals surface area (Å²) in [5, 5.41) is 16.8. The van der Waals surface area contributed by atoms with Gasteiger partial charge >= 0.3 is 0 Å². The van der Waals surface area contributed by atoms with Crippen LogP contribution in [0.5, 0.6) is 0 Å². The van der Waals surface area contributed by atoms with E-state index in [1.54, 1.807) is 12.3 Å². The van der Waals surface area contributed by atoms with Crippen molar-refractivity contribution in [2.24, 2.45) is 0 Å². The van der Waals surface area contributed by atoms with Crippen molar-refractivity contribution in [2.75, 3.05) is 36.4 Å². The standard InChI is InChI=1S/C23H22ClN9/c1-15(16-4-5-20(27-12-16)32-9-6-26-7-10-32)30-23-29-13-17(11-25)21(31-23)19-14-28-22-18(24)3-2-8-33(19)22/h2-5,8,12-15,26H,6-7,9-10H2,1H3,(H,29,30,31). The average Bonchev–Trinajstić information content (AvgIpc) is 3.30. The Balaban J connectivity index is 1.40. The number of hydrogen-bond donors (Lipinski definition) is 2. The van der Waals surface area contributed by atoms with Gasteiger partial charge in [-0.2, -0.15) is 5.26 Å². The van der Waals surface area contributed by atoms with Crippen LogP contribution in [0, 0.1) is 11.3 Å². The lowest BCUT2D eigenvalue weighted by atomic mass is 10.1. The largest absolute Gasteiger partial charge is 0.354 e. The minimum Gasteiger partial charge on any atom is -0.354 e. The van der Waals surface area contributed by atoms with E-state index >= 15 is 0 Å². The molecule has 4 aromatic rings. The van der Waals surface area contributed by atoms with Crippen LogP contribution >= 0.6 is 11.6 Å². The lowest BCUT2D eigenvalue weighted by Gasteiger charge is -2.28.